The highest BCUT2D eigenvalue weighted by molar-refractivity contribution is 5.97. The van der Waals surface area contributed by atoms with Gasteiger partial charge in [0.25, 0.3) is 5.91 Å². The summed E-state index contributed by atoms with van der Waals surface area (Å²) in [4.78, 5) is 27.3. The molecule has 8 heteroatoms. The number of rotatable bonds is 4. The van der Waals surface area contributed by atoms with Crippen molar-refractivity contribution in [3.8, 4) is 6.07 Å². The number of halogens is 1. The first-order chi connectivity index (χ1) is 17.0. The van der Waals surface area contributed by atoms with Crippen molar-refractivity contribution in [1.29, 1.82) is 5.26 Å². The molecule has 3 heterocycles. The van der Waals surface area contributed by atoms with Crippen molar-refractivity contribution in [2.24, 2.45) is 0 Å². The van der Waals surface area contributed by atoms with E-state index in [1.54, 1.807) is 6.33 Å². The lowest BCUT2D eigenvalue weighted by Crippen LogP contribution is -2.55. The molecule has 0 N–H and O–H groups in total. The van der Waals surface area contributed by atoms with Crippen molar-refractivity contribution in [3.63, 3.8) is 0 Å². The summed E-state index contributed by atoms with van der Waals surface area (Å²) in [5, 5.41) is 11.8. The highest BCUT2D eigenvalue weighted by Crippen LogP contribution is 2.34. The van der Waals surface area contributed by atoms with Crippen LogP contribution >= 0.6 is 0 Å². The smallest absolute Gasteiger partial charge is 0.282 e. The van der Waals surface area contributed by atoms with Crippen LogP contribution in [-0.4, -0.2) is 53.0 Å². The molecular formula is C27H27FN6O. The van der Waals surface area contributed by atoms with E-state index < -0.39 is 17.8 Å². The van der Waals surface area contributed by atoms with Gasteiger partial charge in [-0.05, 0) is 30.4 Å². The Bertz CT molecular complexity index is 1340. The number of fused-ring (bicyclic) bond motifs is 2. The van der Waals surface area contributed by atoms with Gasteiger partial charge in [0.05, 0.1) is 30.8 Å². The normalized spacial score (nSPS) is 17.7. The highest BCUT2D eigenvalue weighted by atomic mass is 19.1. The summed E-state index contributed by atoms with van der Waals surface area (Å²) >= 11 is 0. The van der Waals surface area contributed by atoms with Crippen molar-refractivity contribution in [2.75, 3.05) is 36.0 Å². The highest BCUT2D eigenvalue weighted by Gasteiger charge is 2.34. The molecule has 1 unspecified atom stereocenters. The zero-order chi connectivity index (χ0) is 24.5. The van der Waals surface area contributed by atoms with Crippen LogP contribution in [0.5, 0.6) is 0 Å². The lowest BCUT2D eigenvalue weighted by Gasteiger charge is -2.42. The molecule has 0 spiro atoms. The number of nitrogens with zero attached hydrogens (tertiary/aromatic N) is 6. The number of hydrogen-bond donors (Lipinski definition) is 0. The number of carbonyl (C=O) groups is 1. The van der Waals surface area contributed by atoms with Gasteiger partial charge in [-0.2, -0.15) is 5.26 Å². The molecule has 0 bridgehead atoms. The number of benzene rings is 2. The van der Waals surface area contributed by atoms with Gasteiger partial charge in [0.2, 0.25) is 0 Å². The average molecular weight is 471 g/mol. The molecule has 178 valence electrons. The van der Waals surface area contributed by atoms with Crippen LogP contribution in [0, 0.1) is 18.3 Å². The van der Waals surface area contributed by atoms with Gasteiger partial charge < -0.3 is 14.7 Å². The van der Waals surface area contributed by atoms with Gasteiger partial charge in [0.15, 0.2) is 5.83 Å². The van der Waals surface area contributed by atoms with Gasteiger partial charge >= 0.3 is 0 Å². The molecule has 1 saturated heterocycles. The standard InChI is InChI=1S/C27H27FN6O/c1-18-5-3-6-20-7-4-8-24(25(18)20)32-12-10-22-23(16-32)30-17-31-26(22)33-13-14-34(27(35)19(2)28)21(15-33)9-11-29/h3-8,17,21H,2,9-10,12-16H2,1H3. The Morgan fingerprint density at radius 3 is 2.74 bits per heavy atom. The maximum atomic E-state index is 13.5. The lowest BCUT2D eigenvalue weighted by molar-refractivity contribution is -0.131. The molecule has 35 heavy (non-hydrogen) atoms. The summed E-state index contributed by atoms with van der Waals surface area (Å²) in [5.74, 6) is -0.891. The Labute approximate surface area is 204 Å². The largest absolute Gasteiger partial charge is 0.365 e. The Balaban J connectivity index is 1.42. The minimum absolute atomic E-state index is 0.122. The third-order valence-corrected chi connectivity index (χ3v) is 7.02. The van der Waals surface area contributed by atoms with E-state index in [0.29, 0.717) is 26.2 Å². The fourth-order valence-corrected chi connectivity index (χ4v) is 5.34. The van der Waals surface area contributed by atoms with Gasteiger partial charge in [-0.3, -0.25) is 4.79 Å². The van der Waals surface area contributed by atoms with Crippen molar-refractivity contribution in [3.05, 3.63) is 72.0 Å². The summed E-state index contributed by atoms with van der Waals surface area (Å²) in [6, 6.07) is 14.5. The van der Waals surface area contributed by atoms with E-state index in [0.717, 1.165) is 30.0 Å². The van der Waals surface area contributed by atoms with Crippen molar-refractivity contribution in [2.45, 2.75) is 32.4 Å². The Hall–Kier alpha value is -3.99. The van der Waals surface area contributed by atoms with Gasteiger partial charge in [-0.15, -0.1) is 0 Å². The number of aryl methyl sites for hydroxylation is 1. The van der Waals surface area contributed by atoms with Crippen molar-refractivity contribution < 1.29 is 9.18 Å². The molecule has 1 fully saturated rings. The number of nitriles is 1. The lowest BCUT2D eigenvalue weighted by atomic mass is 9.99. The van der Waals surface area contributed by atoms with Crippen LogP contribution in [0.15, 0.2) is 55.1 Å². The SMILES string of the molecule is C=C(F)C(=O)N1CCN(c2ncnc3c2CCN(c2cccc4cccc(C)c24)C3)CC1CC#N. The second kappa shape index (κ2) is 9.34. The van der Waals surface area contributed by atoms with E-state index in [2.05, 4.69) is 75.7 Å². The topological polar surface area (TPSA) is 76.4 Å². The van der Waals surface area contributed by atoms with Gasteiger partial charge in [-0.25, -0.2) is 14.4 Å². The molecule has 1 atom stereocenters. The molecule has 2 aliphatic heterocycles. The first-order valence-corrected chi connectivity index (χ1v) is 11.8. The molecule has 0 aliphatic carbocycles. The van der Waals surface area contributed by atoms with Crippen LogP contribution < -0.4 is 9.80 Å². The van der Waals surface area contributed by atoms with Crippen LogP contribution in [0.2, 0.25) is 0 Å². The Morgan fingerprint density at radius 2 is 1.97 bits per heavy atom. The first kappa shape index (κ1) is 22.8. The molecule has 1 aromatic heterocycles. The van der Waals surface area contributed by atoms with Crippen LogP contribution in [0.1, 0.15) is 23.2 Å². The molecule has 3 aromatic rings. The number of hydrogen-bond acceptors (Lipinski definition) is 6. The second-order valence-corrected chi connectivity index (χ2v) is 9.11. The molecule has 5 rings (SSSR count). The minimum atomic E-state index is -0.996. The molecule has 1 amide bonds. The maximum absolute atomic E-state index is 13.5. The monoisotopic (exact) mass is 470 g/mol. The molecule has 2 aliphatic rings. The van der Waals surface area contributed by atoms with Crippen molar-refractivity contribution in [1.82, 2.24) is 14.9 Å². The number of aromatic nitrogens is 2. The predicted molar refractivity (Wildman–Crippen MR) is 134 cm³/mol. The predicted octanol–water partition coefficient (Wildman–Crippen LogP) is 3.92. The van der Waals surface area contributed by atoms with Crippen LogP contribution in [0.25, 0.3) is 10.8 Å². The van der Waals surface area contributed by atoms with E-state index >= 15 is 0 Å². The number of anilines is 2. The van der Waals surface area contributed by atoms with Crippen LogP contribution in [-0.2, 0) is 17.8 Å². The van der Waals surface area contributed by atoms with E-state index in [1.807, 2.05) is 0 Å². The fourth-order valence-electron chi connectivity index (χ4n) is 5.34. The molecule has 0 radical (unpaired) electrons. The third-order valence-electron chi connectivity index (χ3n) is 7.02. The third kappa shape index (κ3) is 4.18. The summed E-state index contributed by atoms with van der Waals surface area (Å²) in [6.07, 6.45) is 2.50. The molecule has 0 saturated carbocycles. The van der Waals surface area contributed by atoms with Crippen LogP contribution in [0.4, 0.5) is 15.9 Å². The van der Waals surface area contributed by atoms with Gasteiger partial charge in [0, 0.05) is 42.8 Å². The zero-order valence-corrected chi connectivity index (χ0v) is 19.7. The summed E-state index contributed by atoms with van der Waals surface area (Å²) in [6.45, 7) is 8.04. The fraction of sp³-hybridized carbons (Fsp3) is 0.333. The van der Waals surface area contributed by atoms with E-state index in [-0.39, 0.29) is 6.42 Å². The summed E-state index contributed by atoms with van der Waals surface area (Å²) < 4.78 is 13.5. The second-order valence-electron chi connectivity index (χ2n) is 9.11. The minimum Gasteiger partial charge on any atom is -0.365 e. The Kier molecular flexibility index (Phi) is 6.08. The number of piperazine rings is 1. The number of carbonyl (C=O) groups excluding carboxylic acids is 1. The van der Waals surface area contributed by atoms with Gasteiger partial charge in [-0.1, -0.05) is 36.9 Å². The molecule has 7 nitrogen and oxygen atoms in total. The molecule has 2 aromatic carbocycles. The van der Waals surface area contributed by atoms with Crippen molar-refractivity contribution >= 4 is 28.2 Å². The zero-order valence-electron chi connectivity index (χ0n) is 19.7. The van der Waals surface area contributed by atoms with E-state index in [9.17, 15) is 14.4 Å². The maximum Gasteiger partial charge on any atom is 0.282 e. The van der Waals surface area contributed by atoms with Gasteiger partial charge in [0.1, 0.15) is 12.1 Å². The summed E-state index contributed by atoms with van der Waals surface area (Å²) in [5.41, 5.74) is 4.55. The summed E-state index contributed by atoms with van der Waals surface area (Å²) in [7, 11) is 0. The van der Waals surface area contributed by atoms with Crippen LogP contribution in [0.3, 0.4) is 0 Å². The quantitative estimate of drug-likeness (QED) is 0.538. The average Bonchev–Trinajstić information content (AvgIpc) is 2.87. The molecular weight excluding hydrogens is 443 g/mol. The number of amides is 1. The Morgan fingerprint density at radius 1 is 1.17 bits per heavy atom. The van der Waals surface area contributed by atoms with E-state index in [1.165, 1.54) is 26.9 Å². The first-order valence-electron chi connectivity index (χ1n) is 11.8. The van der Waals surface area contributed by atoms with E-state index in [4.69, 9.17) is 0 Å².